The number of aliphatic hydroxyl groups excluding tert-OH is 1. The molecule has 0 saturated carbocycles. The second kappa shape index (κ2) is 7.53. The van der Waals surface area contributed by atoms with Gasteiger partial charge in [-0.2, -0.15) is 0 Å². The zero-order valence-corrected chi connectivity index (χ0v) is 12.9. The summed E-state index contributed by atoms with van der Waals surface area (Å²) in [5, 5.41) is 10.4. The summed E-state index contributed by atoms with van der Waals surface area (Å²) in [6.45, 7) is 3.56. The number of ether oxygens (including phenoxy) is 4. The van der Waals surface area contributed by atoms with Crippen molar-refractivity contribution < 1.29 is 24.1 Å². The van der Waals surface area contributed by atoms with Crippen molar-refractivity contribution in [2.45, 2.75) is 57.1 Å². The van der Waals surface area contributed by atoms with Gasteiger partial charge in [0.2, 0.25) is 0 Å². The van der Waals surface area contributed by atoms with Crippen molar-refractivity contribution in [2.24, 2.45) is 0 Å². The van der Waals surface area contributed by atoms with Crippen LogP contribution in [0.4, 0.5) is 0 Å². The van der Waals surface area contributed by atoms with E-state index < -0.39 is 24.6 Å². The lowest BCUT2D eigenvalue weighted by molar-refractivity contribution is -0.256. The predicted molar refractivity (Wildman–Crippen MR) is 80.3 cm³/mol. The molecule has 4 unspecified atom stereocenters. The molecule has 2 heterocycles. The Morgan fingerprint density at radius 3 is 2.77 bits per heavy atom. The van der Waals surface area contributed by atoms with Gasteiger partial charge in [0.25, 0.3) is 0 Å². The molecule has 1 aromatic rings. The number of aliphatic hydroxyl groups is 1. The summed E-state index contributed by atoms with van der Waals surface area (Å²) in [6, 6.07) is 9.93. The molecular formula is C17H24O5. The van der Waals surface area contributed by atoms with Gasteiger partial charge in [-0.1, -0.05) is 43.7 Å². The molecule has 1 N–H and O–H groups in total. The van der Waals surface area contributed by atoms with Crippen molar-refractivity contribution in [2.75, 3.05) is 13.2 Å². The zero-order valence-electron chi connectivity index (χ0n) is 12.9. The molecule has 5 heteroatoms. The first-order chi connectivity index (χ1) is 10.8. The third-order valence-electron chi connectivity index (χ3n) is 4.14. The first kappa shape index (κ1) is 15.9. The topological polar surface area (TPSA) is 57.2 Å². The molecule has 2 aliphatic heterocycles. The van der Waals surface area contributed by atoms with E-state index in [1.54, 1.807) is 0 Å². The van der Waals surface area contributed by atoms with Crippen LogP contribution in [0.5, 0.6) is 0 Å². The van der Waals surface area contributed by atoms with Crippen LogP contribution < -0.4 is 0 Å². The van der Waals surface area contributed by atoms with Crippen molar-refractivity contribution in [1.82, 2.24) is 0 Å². The van der Waals surface area contributed by atoms with Crippen LogP contribution in [0, 0.1) is 0 Å². The molecule has 1 aromatic carbocycles. The van der Waals surface area contributed by atoms with Crippen molar-refractivity contribution >= 4 is 0 Å². The van der Waals surface area contributed by atoms with Gasteiger partial charge in [0.15, 0.2) is 6.29 Å². The summed E-state index contributed by atoms with van der Waals surface area (Å²) in [7, 11) is 0. The standard InChI is InChI=1S/C17H24O5/c1-2-3-9-19-15-14(18)13-11-21-17(22-13)16(15)20-10-12-7-5-4-6-8-12/h4-8,13-18H,2-3,9-11H2,1H3/t13?,14?,15-,16?,17?/m0/s1. The molecule has 2 aliphatic rings. The van der Waals surface area contributed by atoms with Crippen LogP contribution in [-0.2, 0) is 25.6 Å². The molecule has 2 saturated heterocycles. The van der Waals surface area contributed by atoms with E-state index in [4.69, 9.17) is 18.9 Å². The Morgan fingerprint density at radius 2 is 2.00 bits per heavy atom. The lowest BCUT2D eigenvalue weighted by Crippen LogP contribution is -2.56. The molecule has 2 bridgehead atoms. The summed E-state index contributed by atoms with van der Waals surface area (Å²) in [5.41, 5.74) is 1.07. The molecule has 122 valence electrons. The normalized spacial score (nSPS) is 34.0. The number of hydrogen-bond donors (Lipinski definition) is 1. The van der Waals surface area contributed by atoms with Crippen LogP contribution in [0.3, 0.4) is 0 Å². The van der Waals surface area contributed by atoms with Crippen LogP contribution in [0.15, 0.2) is 30.3 Å². The molecule has 0 spiro atoms. The maximum absolute atomic E-state index is 10.4. The van der Waals surface area contributed by atoms with Crippen LogP contribution >= 0.6 is 0 Å². The average Bonchev–Trinajstić information content (AvgIpc) is 2.99. The number of rotatable bonds is 7. The summed E-state index contributed by atoms with van der Waals surface area (Å²) in [4.78, 5) is 0. The van der Waals surface area contributed by atoms with Gasteiger partial charge in [-0.15, -0.1) is 0 Å². The van der Waals surface area contributed by atoms with Gasteiger partial charge in [-0.05, 0) is 12.0 Å². The van der Waals surface area contributed by atoms with Gasteiger partial charge in [0, 0.05) is 6.61 Å². The van der Waals surface area contributed by atoms with E-state index >= 15 is 0 Å². The fourth-order valence-corrected chi connectivity index (χ4v) is 2.85. The van der Waals surface area contributed by atoms with Crippen molar-refractivity contribution in [1.29, 1.82) is 0 Å². The molecule has 0 radical (unpaired) electrons. The number of hydrogen-bond acceptors (Lipinski definition) is 5. The molecule has 22 heavy (non-hydrogen) atoms. The molecule has 0 amide bonds. The molecule has 5 atom stereocenters. The van der Waals surface area contributed by atoms with E-state index in [-0.39, 0.29) is 6.10 Å². The van der Waals surface area contributed by atoms with Gasteiger partial charge in [-0.25, -0.2) is 0 Å². The highest BCUT2D eigenvalue weighted by molar-refractivity contribution is 5.13. The summed E-state index contributed by atoms with van der Waals surface area (Å²) in [5.74, 6) is 0. The monoisotopic (exact) mass is 308 g/mol. The van der Waals surface area contributed by atoms with Crippen LogP contribution in [-0.4, -0.2) is 49.0 Å². The van der Waals surface area contributed by atoms with Crippen molar-refractivity contribution in [3.8, 4) is 0 Å². The molecule has 0 aliphatic carbocycles. The van der Waals surface area contributed by atoms with E-state index in [0.29, 0.717) is 19.8 Å². The zero-order chi connectivity index (χ0) is 15.4. The van der Waals surface area contributed by atoms with Gasteiger partial charge >= 0.3 is 0 Å². The van der Waals surface area contributed by atoms with Gasteiger partial charge in [0.05, 0.1) is 13.2 Å². The number of unbranched alkanes of at least 4 members (excludes halogenated alkanes) is 1. The number of fused-ring (bicyclic) bond motifs is 2. The Morgan fingerprint density at radius 1 is 1.18 bits per heavy atom. The largest absolute Gasteiger partial charge is 0.387 e. The number of benzene rings is 1. The summed E-state index contributed by atoms with van der Waals surface area (Å²) >= 11 is 0. The first-order valence-electron chi connectivity index (χ1n) is 8.02. The molecular weight excluding hydrogens is 284 g/mol. The van der Waals surface area contributed by atoms with Crippen molar-refractivity contribution in [3.63, 3.8) is 0 Å². The van der Waals surface area contributed by atoms with E-state index in [9.17, 15) is 5.11 Å². The first-order valence-corrected chi connectivity index (χ1v) is 8.02. The molecule has 5 nitrogen and oxygen atoms in total. The van der Waals surface area contributed by atoms with E-state index in [1.165, 1.54) is 0 Å². The highest BCUT2D eigenvalue weighted by atomic mass is 16.8. The van der Waals surface area contributed by atoms with Gasteiger partial charge in [-0.3, -0.25) is 0 Å². The Bertz CT molecular complexity index is 452. The Balaban J connectivity index is 1.64. The van der Waals surface area contributed by atoms with E-state index in [0.717, 1.165) is 18.4 Å². The Hall–Kier alpha value is -0.980. The predicted octanol–water partition coefficient (Wildman–Crippen LogP) is 1.87. The molecule has 3 rings (SSSR count). The maximum atomic E-state index is 10.4. The Kier molecular flexibility index (Phi) is 5.44. The second-order valence-electron chi connectivity index (χ2n) is 5.82. The van der Waals surface area contributed by atoms with Gasteiger partial charge in [0.1, 0.15) is 24.4 Å². The molecule has 0 aromatic heterocycles. The minimum atomic E-state index is -0.712. The third kappa shape index (κ3) is 3.50. The average molecular weight is 308 g/mol. The minimum Gasteiger partial charge on any atom is -0.387 e. The van der Waals surface area contributed by atoms with E-state index in [2.05, 4.69) is 6.92 Å². The highest BCUT2D eigenvalue weighted by Gasteiger charge is 2.51. The fourth-order valence-electron chi connectivity index (χ4n) is 2.85. The SMILES string of the molecule is CCCCO[C@H]1C(O)C2COC(O2)C1OCc1ccccc1. The van der Waals surface area contributed by atoms with Crippen molar-refractivity contribution in [3.05, 3.63) is 35.9 Å². The highest BCUT2D eigenvalue weighted by Crippen LogP contribution is 2.32. The lowest BCUT2D eigenvalue weighted by Gasteiger charge is -2.38. The van der Waals surface area contributed by atoms with Crippen LogP contribution in [0.1, 0.15) is 25.3 Å². The van der Waals surface area contributed by atoms with E-state index in [1.807, 2.05) is 30.3 Å². The quantitative estimate of drug-likeness (QED) is 0.779. The third-order valence-corrected chi connectivity index (χ3v) is 4.14. The maximum Gasteiger partial charge on any atom is 0.187 e. The van der Waals surface area contributed by atoms with Gasteiger partial charge < -0.3 is 24.1 Å². The Labute approximate surface area is 131 Å². The molecule has 2 fully saturated rings. The van der Waals surface area contributed by atoms with Crippen LogP contribution in [0.2, 0.25) is 0 Å². The summed E-state index contributed by atoms with van der Waals surface area (Å²) < 4.78 is 23.1. The lowest BCUT2D eigenvalue weighted by atomic mass is 10.0. The fraction of sp³-hybridized carbons (Fsp3) is 0.647. The minimum absolute atomic E-state index is 0.312. The van der Waals surface area contributed by atoms with Crippen LogP contribution in [0.25, 0.3) is 0 Å². The smallest absolute Gasteiger partial charge is 0.187 e. The summed E-state index contributed by atoms with van der Waals surface area (Å²) in [6.07, 6.45) is -0.273. The second-order valence-corrected chi connectivity index (χ2v) is 5.82.